The van der Waals surface area contributed by atoms with Crippen molar-refractivity contribution in [3.05, 3.63) is 65.7 Å². The van der Waals surface area contributed by atoms with Gasteiger partial charge >= 0.3 is 5.97 Å². The van der Waals surface area contributed by atoms with Crippen LogP contribution >= 0.6 is 0 Å². The molecule has 0 amide bonds. The molecule has 0 fully saturated rings. The summed E-state index contributed by atoms with van der Waals surface area (Å²) >= 11 is 0. The highest BCUT2D eigenvalue weighted by Gasteiger charge is 2.21. The molecule has 0 aliphatic heterocycles. The van der Waals surface area contributed by atoms with Crippen molar-refractivity contribution in [2.75, 3.05) is 14.2 Å². The van der Waals surface area contributed by atoms with Gasteiger partial charge in [-0.1, -0.05) is 19.9 Å². The Kier molecular flexibility index (Phi) is 6.03. The second-order valence-electron chi connectivity index (χ2n) is 6.69. The number of esters is 1. The fraction of sp³-hybridized carbons (Fsp3) is 0.286. The zero-order chi connectivity index (χ0) is 19.3. The Bertz CT molecular complexity index is 825. The number of aliphatic hydroxyl groups excluding tert-OH is 1. The van der Waals surface area contributed by atoms with Crippen LogP contribution in [0.1, 0.15) is 29.8 Å². The molecule has 0 bridgehead atoms. The summed E-state index contributed by atoms with van der Waals surface area (Å²) in [5.74, 6) is -0.299. The molecule has 138 valence electrons. The molecule has 0 unspecified atom stereocenters. The van der Waals surface area contributed by atoms with Crippen molar-refractivity contribution in [3.63, 3.8) is 0 Å². The highest BCUT2D eigenvalue weighted by atomic mass is 19.1. The first-order valence-corrected chi connectivity index (χ1v) is 8.18. The number of halogens is 1. The molecule has 0 radical (unpaired) electrons. The Hall–Kier alpha value is -2.82. The van der Waals surface area contributed by atoms with Crippen LogP contribution in [0.3, 0.4) is 0 Å². The number of methoxy groups -OCH3 is 2. The zero-order valence-corrected chi connectivity index (χ0v) is 15.4. The third kappa shape index (κ3) is 4.42. The van der Waals surface area contributed by atoms with Crippen LogP contribution in [0.2, 0.25) is 0 Å². The number of aliphatic hydroxyl groups is 1. The maximum absolute atomic E-state index is 14.5. The Morgan fingerprint density at radius 1 is 1.15 bits per heavy atom. The van der Waals surface area contributed by atoms with Gasteiger partial charge in [-0.15, -0.1) is 0 Å². The SMILES string of the molecule is COC(=O)c1ccc(-c2cc(OC)ccc2F)c(CC(C)(C)C=CO)c1. The number of hydrogen-bond donors (Lipinski definition) is 1. The lowest BCUT2D eigenvalue weighted by atomic mass is 9.82. The molecule has 2 aromatic rings. The Morgan fingerprint density at radius 3 is 2.50 bits per heavy atom. The van der Waals surface area contributed by atoms with Gasteiger partial charge in [-0.2, -0.15) is 0 Å². The van der Waals surface area contributed by atoms with E-state index >= 15 is 0 Å². The van der Waals surface area contributed by atoms with E-state index in [1.807, 2.05) is 13.8 Å². The van der Waals surface area contributed by atoms with Crippen LogP contribution in [0, 0.1) is 11.2 Å². The standard InChI is InChI=1S/C21H23FO4/c1-21(2,9-10-23)13-15-11-14(20(24)26-4)5-7-17(15)18-12-16(25-3)6-8-19(18)22/h5-12,23H,13H2,1-4H3. The van der Waals surface area contributed by atoms with E-state index in [0.29, 0.717) is 28.9 Å². The lowest BCUT2D eigenvalue weighted by Gasteiger charge is -2.22. The predicted octanol–water partition coefficient (Wildman–Crippen LogP) is 4.93. The fourth-order valence-electron chi connectivity index (χ4n) is 2.84. The van der Waals surface area contributed by atoms with Crippen LogP contribution in [-0.4, -0.2) is 25.3 Å². The topological polar surface area (TPSA) is 55.8 Å². The molecule has 0 saturated carbocycles. The van der Waals surface area contributed by atoms with E-state index in [2.05, 4.69) is 0 Å². The molecule has 5 heteroatoms. The summed E-state index contributed by atoms with van der Waals surface area (Å²) in [6.07, 6.45) is 3.14. The first-order valence-electron chi connectivity index (χ1n) is 8.18. The second kappa shape index (κ2) is 8.04. The van der Waals surface area contributed by atoms with E-state index in [-0.39, 0.29) is 5.82 Å². The molecule has 0 atom stereocenters. The van der Waals surface area contributed by atoms with Gasteiger partial charge in [-0.3, -0.25) is 0 Å². The number of hydrogen-bond acceptors (Lipinski definition) is 4. The van der Waals surface area contributed by atoms with Crippen LogP contribution in [0.4, 0.5) is 4.39 Å². The first-order chi connectivity index (χ1) is 12.3. The van der Waals surface area contributed by atoms with E-state index in [9.17, 15) is 9.18 Å². The molecule has 1 N–H and O–H groups in total. The minimum Gasteiger partial charge on any atom is -0.516 e. The van der Waals surface area contributed by atoms with Crippen molar-refractivity contribution >= 4 is 5.97 Å². The molecule has 2 rings (SSSR count). The van der Waals surface area contributed by atoms with Gasteiger partial charge in [0.05, 0.1) is 26.0 Å². The molecule has 4 nitrogen and oxygen atoms in total. The van der Waals surface area contributed by atoms with Crippen LogP contribution in [0.15, 0.2) is 48.7 Å². The van der Waals surface area contributed by atoms with E-state index < -0.39 is 11.4 Å². The molecule has 0 heterocycles. The molecule has 0 aliphatic rings. The predicted molar refractivity (Wildman–Crippen MR) is 99.0 cm³/mol. The quantitative estimate of drug-likeness (QED) is 0.588. The van der Waals surface area contributed by atoms with Gasteiger partial charge in [0.1, 0.15) is 11.6 Å². The van der Waals surface area contributed by atoms with Crippen LogP contribution in [0.25, 0.3) is 11.1 Å². The highest BCUT2D eigenvalue weighted by molar-refractivity contribution is 5.90. The third-order valence-electron chi connectivity index (χ3n) is 4.16. The molecule has 0 saturated heterocycles. The summed E-state index contributed by atoms with van der Waals surface area (Å²) in [6.45, 7) is 3.88. The minimum absolute atomic E-state index is 0.381. The van der Waals surface area contributed by atoms with Gasteiger partial charge in [0, 0.05) is 5.56 Å². The van der Waals surface area contributed by atoms with Crippen LogP contribution in [-0.2, 0) is 11.2 Å². The second-order valence-corrected chi connectivity index (χ2v) is 6.69. The van der Waals surface area contributed by atoms with Gasteiger partial charge < -0.3 is 14.6 Å². The van der Waals surface area contributed by atoms with Crippen LogP contribution < -0.4 is 4.74 Å². The van der Waals surface area contributed by atoms with Gasteiger partial charge in [-0.25, -0.2) is 9.18 Å². The summed E-state index contributed by atoms with van der Waals surface area (Å²) in [5.41, 5.74) is 1.81. The number of rotatable bonds is 6. The average molecular weight is 358 g/mol. The summed E-state index contributed by atoms with van der Waals surface area (Å²) in [7, 11) is 2.84. The lowest BCUT2D eigenvalue weighted by molar-refractivity contribution is 0.0600. The first kappa shape index (κ1) is 19.5. The van der Waals surface area contributed by atoms with Gasteiger partial charge in [-0.05, 0) is 59.4 Å². The smallest absolute Gasteiger partial charge is 0.337 e. The summed E-state index contributed by atoms with van der Waals surface area (Å²) < 4.78 is 24.5. The Labute approximate surface area is 152 Å². The van der Waals surface area contributed by atoms with Crippen molar-refractivity contribution in [3.8, 4) is 16.9 Å². The molecular formula is C21H23FO4. The minimum atomic E-state index is -0.459. The maximum Gasteiger partial charge on any atom is 0.337 e. The molecule has 0 spiro atoms. The van der Waals surface area contributed by atoms with Crippen LogP contribution in [0.5, 0.6) is 5.75 Å². The van der Waals surface area contributed by atoms with E-state index in [1.165, 1.54) is 20.3 Å². The lowest BCUT2D eigenvalue weighted by Crippen LogP contribution is -2.13. The Morgan fingerprint density at radius 2 is 1.88 bits per heavy atom. The number of carbonyl (C=O) groups is 1. The largest absolute Gasteiger partial charge is 0.516 e. The monoisotopic (exact) mass is 358 g/mol. The van der Waals surface area contributed by atoms with Crippen molar-refractivity contribution in [2.24, 2.45) is 5.41 Å². The number of carbonyl (C=O) groups excluding carboxylic acids is 1. The molecule has 0 aliphatic carbocycles. The summed E-state index contributed by atoms with van der Waals surface area (Å²) in [5, 5.41) is 9.13. The van der Waals surface area contributed by atoms with Crippen molar-refractivity contribution in [2.45, 2.75) is 20.3 Å². The van der Waals surface area contributed by atoms with Gasteiger partial charge in [0.25, 0.3) is 0 Å². The summed E-state index contributed by atoms with van der Waals surface area (Å²) in [4.78, 5) is 11.9. The van der Waals surface area contributed by atoms with Crippen molar-refractivity contribution in [1.82, 2.24) is 0 Å². The molecular weight excluding hydrogens is 335 g/mol. The Balaban J connectivity index is 2.63. The third-order valence-corrected chi connectivity index (χ3v) is 4.16. The molecule has 2 aromatic carbocycles. The number of benzene rings is 2. The zero-order valence-electron chi connectivity index (χ0n) is 15.4. The van der Waals surface area contributed by atoms with E-state index in [0.717, 1.165) is 11.8 Å². The van der Waals surface area contributed by atoms with Gasteiger partial charge in [0.2, 0.25) is 0 Å². The average Bonchev–Trinajstić information content (AvgIpc) is 2.61. The number of allylic oxidation sites excluding steroid dienone is 1. The van der Waals surface area contributed by atoms with E-state index in [1.54, 1.807) is 36.4 Å². The highest BCUT2D eigenvalue weighted by Crippen LogP contribution is 2.34. The summed E-state index contributed by atoms with van der Waals surface area (Å²) in [6, 6.07) is 9.55. The fourth-order valence-corrected chi connectivity index (χ4v) is 2.84. The van der Waals surface area contributed by atoms with E-state index in [4.69, 9.17) is 14.6 Å². The number of ether oxygens (including phenoxy) is 2. The normalized spacial score (nSPS) is 11.6. The maximum atomic E-state index is 14.5. The van der Waals surface area contributed by atoms with Crippen molar-refractivity contribution in [1.29, 1.82) is 0 Å². The molecule has 26 heavy (non-hydrogen) atoms. The van der Waals surface area contributed by atoms with Gasteiger partial charge in [0.15, 0.2) is 0 Å². The molecule has 0 aromatic heterocycles. The van der Waals surface area contributed by atoms with Crippen molar-refractivity contribution < 1.29 is 23.8 Å².